The van der Waals surface area contributed by atoms with Crippen molar-refractivity contribution >= 4 is 11.6 Å². The van der Waals surface area contributed by atoms with Gasteiger partial charge in [0.15, 0.2) is 0 Å². The molecular formula is C21H28N2O2. The molecule has 0 aliphatic rings. The van der Waals surface area contributed by atoms with Crippen LogP contribution < -0.4 is 15.0 Å². The van der Waals surface area contributed by atoms with Crippen molar-refractivity contribution in [2.75, 3.05) is 31.6 Å². The van der Waals surface area contributed by atoms with Gasteiger partial charge in [0.05, 0.1) is 7.11 Å². The van der Waals surface area contributed by atoms with E-state index in [0.717, 1.165) is 25.3 Å². The number of carbonyl (C=O) groups is 1. The Labute approximate surface area is 150 Å². The molecule has 25 heavy (non-hydrogen) atoms. The Bertz CT molecular complexity index is 668. The number of rotatable bonds is 9. The third kappa shape index (κ3) is 6.14. The van der Waals surface area contributed by atoms with E-state index in [1.54, 1.807) is 7.11 Å². The summed E-state index contributed by atoms with van der Waals surface area (Å²) in [6.45, 7) is 6.48. The summed E-state index contributed by atoms with van der Waals surface area (Å²) in [6, 6.07) is 16.3. The monoisotopic (exact) mass is 340 g/mol. The molecule has 4 nitrogen and oxygen atoms in total. The van der Waals surface area contributed by atoms with E-state index in [2.05, 4.69) is 48.3 Å². The van der Waals surface area contributed by atoms with Gasteiger partial charge in [-0.25, -0.2) is 0 Å². The fourth-order valence-electron chi connectivity index (χ4n) is 2.76. The van der Waals surface area contributed by atoms with E-state index in [-0.39, 0.29) is 5.91 Å². The van der Waals surface area contributed by atoms with Gasteiger partial charge in [-0.2, -0.15) is 0 Å². The van der Waals surface area contributed by atoms with E-state index < -0.39 is 0 Å². The molecule has 2 aromatic rings. The highest BCUT2D eigenvalue weighted by molar-refractivity contribution is 5.76. The zero-order valence-electron chi connectivity index (χ0n) is 15.4. The van der Waals surface area contributed by atoms with Crippen LogP contribution in [0.4, 0.5) is 5.69 Å². The van der Waals surface area contributed by atoms with Crippen LogP contribution in [-0.2, 0) is 11.2 Å². The minimum absolute atomic E-state index is 0.0969. The molecule has 0 spiro atoms. The van der Waals surface area contributed by atoms with E-state index in [1.807, 2.05) is 24.3 Å². The maximum absolute atomic E-state index is 12.1. The quantitative estimate of drug-likeness (QED) is 0.759. The summed E-state index contributed by atoms with van der Waals surface area (Å²) in [6.07, 6.45) is 1.33. The number of aryl methyl sites for hydroxylation is 1. The number of carbonyl (C=O) groups excluding carboxylic acids is 1. The molecule has 4 heteroatoms. The summed E-state index contributed by atoms with van der Waals surface area (Å²) >= 11 is 0. The van der Waals surface area contributed by atoms with Gasteiger partial charge >= 0.3 is 0 Å². The van der Waals surface area contributed by atoms with Crippen molar-refractivity contribution < 1.29 is 9.53 Å². The number of benzene rings is 2. The van der Waals surface area contributed by atoms with E-state index in [1.165, 1.54) is 16.8 Å². The van der Waals surface area contributed by atoms with Crippen LogP contribution in [0.2, 0.25) is 0 Å². The minimum atomic E-state index is 0.0969. The summed E-state index contributed by atoms with van der Waals surface area (Å²) in [5, 5.41) is 3.01. The van der Waals surface area contributed by atoms with Crippen LogP contribution in [0.3, 0.4) is 0 Å². The zero-order chi connectivity index (χ0) is 18.1. The summed E-state index contributed by atoms with van der Waals surface area (Å²) in [5.41, 5.74) is 3.60. The lowest BCUT2D eigenvalue weighted by Crippen LogP contribution is -2.31. The Balaban J connectivity index is 1.73. The molecule has 2 aromatic carbocycles. The van der Waals surface area contributed by atoms with E-state index >= 15 is 0 Å². The molecule has 0 fully saturated rings. The normalized spacial score (nSPS) is 10.4. The van der Waals surface area contributed by atoms with Crippen LogP contribution in [0.5, 0.6) is 5.75 Å². The Kier molecular flexibility index (Phi) is 7.33. The van der Waals surface area contributed by atoms with Crippen LogP contribution in [-0.4, -0.2) is 32.7 Å². The molecule has 0 atom stereocenters. The molecule has 0 unspecified atom stereocenters. The van der Waals surface area contributed by atoms with Crippen LogP contribution in [0.1, 0.15) is 24.5 Å². The first kappa shape index (κ1) is 18.8. The van der Waals surface area contributed by atoms with Crippen LogP contribution in [0, 0.1) is 6.92 Å². The van der Waals surface area contributed by atoms with Gasteiger partial charge in [-0.3, -0.25) is 4.79 Å². The molecule has 0 saturated carbocycles. The highest BCUT2D eigenvalue weighted by atomic mass is 16.5. The second kappa shape index (κ2) is 9.72. The second-order valence-corrected chi connectivity index (χ2v) is 6.12. The predicted molar refractivity (Wildman–Crippen MR) is 103 cm³/mol. The maximum Gasteiger partial charge on any atom is 0.221 e. The number of amides is 1. The van der Waals surface area contributed by atoms with Crippen molar-refractivity contribution in [2.24, 2.45) is 0 Å². The van der Waals surface area contributed by atoms with Crippen LogP contribution >= 0.6 is 0 Å². The van der Waals surface area contributed by atoms with E-state index in [9.17, 15) is 4.79 Å². The lowest BCUT2D eigenvalue weighted by Gasteiger charge is -2.23. The summed E-state index contributed by atoms with van der Waals surface area (Å²) < 4.78 is 5.15. The van der Waals surface area contributed by atoms with E-state index in [4.69, 9.17) is 4.74 Å². The third-order valence-electron chi connectivity index (χ3n) is 4.25. The summed E-state index contributed by atoms with van der Waals surface area (Å²) in [5.74, 6) is 0.947. The third-order valence-corrected chi connectivity index (χ3v) is 4.25. The average molecular weight is 340 g/mol. The van der Waals surface area contributed by atoms with Gasteiger partial charge < -0.3 is 15.0 Å². The number of nitrogens with zero attached hydrogens (tertiary/aromatic N) is 1. The van der Waals surface area contributed by atoms with Crippen molar-refractivity contribution in [1.82, 2.24) is 5.32 Å². The topological polar surface area (TPSA) is 41.6 Å². The molecule has 0 bridgehead atoms. The lowest BCUT2D eigenvalue weighted by atomic mass is 10.1. The van der Waals surface area contributed by atoms with Gasteiger partial charge in [-0.15, -0.1) is 0 Å². The smallest absolute Gasteiger partial charge is 0.221 e. The van der Waals surface area contributed by atoms with Crippen molar-refractivity contribution in [2.45, 2.75) is 26.7 Å². The average Bonchev–Trinajstić information content (AvgIpc) is 2.63. The van der Waals surface area contributed by atoms with Crippen molar-refractivity contribution in [3.05, 3.63) is 59.7 Å². The molecular weight excluding hydrogens is 312 g/mol. The number of methoxy groups -OCH3 is 1. The van der Waals surface area contributed by atoms with E-state index in [0.29, 0.717) is 13.0 Å². The summed E-state index contributed by atoms with van der Waals surface area (Å²) in [4.78, 5) is 14.3. The van der Waals surface area contributed by atoms with Gasteiger partial charge in [-0.05, 0) is 55.7 Å². The second-order valence-electron chi connectivity index (χ2n) is 6.12. The number of anilines is 1. The number of hydrogen-bond donors (Lipinski definition) is 1. The Morgan fingerprint density at radius 3 is 2.56 bits per heavy atom. The Morgan fingerprint density at radius 1 is 1.16 bits per heavy atom. The molecule has 0 saturated heterocycles. The van der Waals surface area contributed by atoms with Crippen molar-refractivity contribution in [3.63, 3.8) is 0 Å². The molecule has 0 aromatic heterocycles. The van der Waals surface area contributed by atoms with Gasteiger partial charge in [0.25, 0.3) is 0 Å². The summed E-state index contributed by atoms with van der Waals surface area (Å²) in [7, 11) is 1.66. The first-order chi connectivity index (χ1) is 12.1. The molecule has 0 radical (unpaired) electrons. The van der Waals surface area contributed by atoms with Crippen LogP contribution in [0.15, 0.2) is 48.5 Å². The molecule has 0 heterocycles. The van der Waals surface area contributed by atoms with Crippen molar-refractivity contribution in [3.8, 4) is 5.75 Å². The largest absolute Gasteiger partial charge is 0.497 e. The fraction of sp³-hybridized carbons (Fsp3) is 0.381. The number of ether oxygens (including phenoxy) is 1. The highest BCUT2D eigenvalue weighted by Crippen LogP contribution is 2.16. The first-order valence-corrected chi connectivity index (χ1v) is 8.83. The first-order valence-electron chi connectivity index (χ1n) is 8.83. The van der Waals surface area contributed by atoms with Crippen LogP contribution in [0.25, 0.3) is 0 Å². The lowest BCUT2D eigenvalue weighted by molar-refractivity contribution is -0.120. The SMILES string of the molecule is CCN(CCC(=O)NCCc1ccc(OC)cc1)c1cccc(C)c1. The zero-order valence-corrected chi connectivity index (χ0v) is 15.4. The maximum atomic E-state index is 12.1. The highest BCUT2D eigenvalue weighted by Gasteiger charge is 2.08. The predicted octanol–water partition coefficient (Wildman–Crippen LogP) is 3.58. The standard InChI is InChI=1S/C21H28N2O2/c1-4-23(19-7-5-6-17(2)16-19)15-13-21(24)22-14-12-18-8-10-20(25-3)11-9-18/h5-11,16H,4,12-15H2,1-3H3,(H,22,24). The minimum Gasteiger partial charge on any atom is -0.497 e. The number of nitrogens with one attached hydrogen (secondary N) is 1. The Morgan fingerprint density at radius 2 is 1.92 bits per heavy atom. The van der Waals surface area contributed by atoms with Crippen molar-refractivity contribution in [1.29, 1.82) is 0 Å². The molecule has 1 amide bonds. The fourth-order valence-corrected chi connectivity index (χ4v) is 2.76. The van der Waals surface area contributed by atoms with Gasteiger partial charge in [0, 0.05) is 31.7 Å². The number of hydrogen-bond acceptors (Lipinski definition) is 3. The molecule has 0 aliphatic carbocycles. The van der Waals surface area contributed by atoms with Gasteiger partial charge in [0.2, 0.25) is 5.91 Å². The van der Waals surface area contributed by atoms with Gasteiger partial charge in [-0.1, -0.05) is 24.3 Å². The Hall–Kier alpha value is -2.49. The van der Waals surface area contributed by atoms with Gasteiger partial charge in [0.1, 0.15) is 5.75 Å². The molecule has 0 aliphatic heterocycles. The molecule has 134 valence electrons. The molecule has 2 rings (SSSR count). The molecule has 1 N–H and O–H groups in total.